The largest absolute Gasteiger partial charge is 0.506 e. The van der Waals surface area contributed by atoms with Crippen LogP contribution in [-0.2, 0) is 0 Å². The van der Waals surface area contributed by atoms with E-state index in [-0.39, 0.29) is 16.7 Å². The zero-order valence-corrected chi connectivity index (χ0v) is 11.8. The van der Waals surface area contributed by atoms with Crippen LogP contribution in [0.2, 0.25) is 5.02 Å². The molecule has 2 aromatic carbocycles. The first-order chi connectivity index (χ1) is 9.10. The van der Waals surface area contributed by atoms with Crippen molar-refractivity contribution >= 4 is 35.0 Å². The molecule has 0 aliphatic rings. The van der Waals surface area contributed by atoms with Gasteiger partial charge in [-0.3, -0.25) is 4.79 Å². The van der Waals surface area contributed by atoms with E-state index < -0.39 is 0 Å². The highest BCUT2D eigenvalue weighted by molar-refractivity contribution is 7.98. The van der Waals surface area contributed by atoms with Gasteiger partial charge in [-0.15, -0.1) is 11.8 Å². The van der Waals surface area contributed by atoms with Crippen LogP contribution in [0.5, 0.6) is 5.75 Å². The van der Waals surface area contributed by atoms with Crippen LogP contribution in [0.4, 0.5) is 5.69 Å². The number of aromatic hydroxyl groups is 1. The number of carbonyl (C=O) groups is 1. The van der Waals surface area contributed by atoms with Gasteiger partial charge in [-0.2, -0.15) is 0 Å². The van der Waals surface area contributed by atoms with E-state index in [9.17, 15) is 9.90 Å². The molecule has 2 aromatic rings. The molecule has 0 aliphatic carbocycles. The van der Waals surface area contributed by atoms with Gasteiger partial charge in [-0.1, -0.05) is 11.6 Å². The van der Waals surface area contributed by atoms with Gasteiger partial charge in [-0.05, 0) is 48.7 Å². The van der Waals surface area contributed by atoms with Crippen molar-refractivity contribution in [3.8, 4) is 5.75 Å². The van der Waals surface area contributed by atoms with E-state index in [1.54, 1.807) is 30.0 Å². The summed E-state index contributed by atoms with van der Waals surface area (Å²) in [6.45, 7) is 0. The standard InChI is InChI=1S/C14H12ClNO2S/c1-19-11-5-2-9(3-6-11)14(18)16-10-4-7-13(17)12(15)8-10/h2-8,17H,1H3,(H,16,18). The lowest BCUT2D eigenvalue weighted by Gasteiger charge is -2.07. The quantitative estimate of drug-likeness (QED) is 0.664. The Labute approximate surface area is 120 Å². The van der Waals surface area contributed by atoms with Crippen molar-refractivity contribution in [1.29, 1.82) is 0 Å². The number of carbonyl (C=O) groups excluding carboxylic acids is 1. The van der Waals surface area contributed by atoms with Gasteiger partial charge >= 0.3 is 0 Å². The Morgan fingerprint density at radius 2 is 1.89 bits per heavy atom. The normalized spacial score (nSPS) is 10.2. The third-order valence-corrected chi connectivity index (χ3v) is 3.60. The molecular formula is C14H12ClNO2S. The maximum absolute atomic E-state index is 12.0. The van der Waals surface area contributed by atoms with Crippen molar-refractivity contribution < 1.29 is 9.90 Å². The minimum absolute atomic E-state index is 0.0102. The number of rotatable bonds is 3. The molecule has 0 aliphatic heterocycles. The predicted molar refractivity (Wildman–Crippen MR) is 79.3 cm³/mol. The minimum Gasteiger partial charge on any atom is -0.506 e. The van der Waals surface area contributed by atoms with E-state index in [0.717, 1.165) is 4.90 Å². The van der Waals surface area contributed by atoms with Crippen LogP contribution in [0.25, 0.3) is 0 Å². The number of hydrogen-bond acceptors (Lipinski definition) is 3. The van der Waals surface area contributed by atoms with Gasteiger partial charge in [0.05, 0.1) is 5.02 Å². The summed E-state index contributed by atoms with van der Waals surface area (Å²) >= 11 is 7.40. The van der Waals surface area contributed by atoms with Crippen molar-refractivity contribution in [3.05, 3.63) is 53.1 Å². The Balaban J connectivity index is 2.13. The summed E-state index contributed by atoms with van der Waals surface area (Å²) in [4.78, 5) is 13.1. The fourth-order valence-corrected chi connectivity index (χ4v) is 2.12. The lowest BCUT2D eigenvalue weighted by molar-refractivity contribution is 0.102. The average molecular weight is 294 g/mol. The van der Waals surface area contributed by atoms with Crippen molar-refractivity contribution in [3.63, 3.8) is 0 Å². The zero-order valence-electron chi connectivity index (χ0n) is 10.2. The molecule has 3 nitrogen and oxygen atoms in total. The zero-order chi connectivity index (χ0) is 13.8. The van der Waals surface area contributed by atoms with Crippen molar-refractivity contribution in [2.24, 2.45) is 0 Å². The first kappa shape index (κ1) is 13.8. The van der Waals surface area contributed by atoms with Gasteiger partial charge in [-0.25, -0.2) is 0 Å². The third-order valence-electron chi connectivity index (χ3n) is 2.56. The van der Waals surface area contributed by atoms with Crippen LogP contribution in [-0.4, -0.2) is 17.3 Å². The molecule has 0 spiro atoms. The molecule has 0 radical (unpaired) electrons. The molecule has 0 fully saturated rings. The number of benzene rings is 2. The van der Waals surface area contributed by atoms with Crippen molar-refractivity contribution in [2.75, 3.05) is 11.6 Å². The van der Waals surface area contributed by atoms with Gasteiger partial charge < -0.3 is 10.4 Å². The Morgan fingerprint density at radius 3 is 2.47 bits per heavy atom. The van der Waals surface area contributed by atoms with E-state index in [0.29, 0.717) is 11.3 Å². The van der Waals surface area contributed by atoms with Crippen LogP contribution >= 0.6 is 23.4 Å². The van der Waals surface area contributed by atoms with Crippen LogP contribution in [0.3, 0.4) is 0 Å². The van der Waals surface area contributed by atoms with Crippen molar-refractivity contribution in [1.82, 2.24) is 0 Å². The predicted octanol–water partition coefficient (Wildman–Crippen LogP) is 4.02. The smallest absolute Gasteiger partial charge is 0.255 e. The molecule has 0 heterocycles. The SMILES string of the molecule is CSc1ccc(C(=O)Nc2ccc(O)c(Cl)c2)cc1. The molecule has 0 saturated carbocycles. The highest BCUT2D eigenvalue weighted by Gasteiger charge is 2.07. The van der Waals surface area contributed by atoms with Gasteiger partial charge in [0, 0.05) is 16.1 Å². The summed E-state index contributed by atoms with van der Waals surface area (Å²) in [6, 6.07) is 11.9. The van der Waals surface area contributed by atoms with Crippen molar-refractivity contribution in [2.45, 2.75) is 4.90 Å². The highest BCUT2D eigenvalue weighted by atomic mass is 35.5. The molecule has 0 unspecified atom stereocenters. The van der Waals surface area contributed by atoms with Gasteiger partial charge in [0.2, 0.25) is 0 Å². The molecule has 19 heavy (non-hydrogen) atoms. The van der Waals surface area contributed by atoms with Crippen LogP contribution < -0.4 is 5.32 Å². The molecule has 0 atom stereocenters. The topological polar surface area (TPSA) is 49.3 Å². The summed E-state index contributed by atoms with van der Waals surface area (Å²) in [5.74, 6) is -0.224. The second kappa shape index (κ2) is 5.99. The maximum atomic E-state index is 12.0. The Morgan fingerprint density at radius 1 is 1.21 bits per heavy atom. The minimum atomic E-state index is -0.214. The molecule has 0 bridgehead atoms. The van der Waals surface area contributed by atoms with E-state index in [4.69, 9.17) is 11.6 Å². The Hall–Kier alpha value is -1.65. The number of halogens is 1. The molecule has 2 N–H and O–H groups in total. The molecule has 1 amide bonds. The number of phenolic OH excluding ortho intramolecular Hbond substituents is 1. The second-order valence-electron chi connectivity index (χ2n) is 3.85. The van der Waals surface area contributed by atoms with Gasteiger partial charge in [0.15, 0.2) is 0 Å². The van der Waals surface area contributed by atoms with E-state index in [2.05, 4.69) is 5.32 Å². The molecule has 0 saturated heterocycles. The number of phenols is 1. The lowest BCUT2D eigenvalue weighted by atomic mass is 10.2. The number of hydrogen-bond donors (Lipinski definition) is 2. The number of thioether (sulfide) groups is 1. The van der Waals surface area contributed by atoms with Crippen LogP contribution in [0.15, 0.2) is 47.4 Å². The molecule has 0 aromatic heterocycles. The fourth-order valence-electron chi connectivity index (χ4n) is 1.53. The number of nitrogens with one attached hydrogen (secondary N) is 1. The monoisotopic (exact) mass is 293 g/mol. The highest BCUT2D eigenvalue weighted by Crippen LogP contribution is 2.26. The average Bonchev–Trinajstić information content (AvgIpc) is 2.43. The summed E-state index contributed by atoms with van der Waals surface area (Å²) in [5.41, 5.74) is 1.11. The van der Waals surface area contributed by atoms with E-state index >= 15 is 0 Å². The molecule has 5 heteroatoms. The Bertz CT molecular complexity index is 599. The number of anilines is 1. The first-order valence-electron chi connectivity index (χ1n) is 5.54. The van der Waals surface area contributed by atoms with Gasteiger partial charge in [0.1, 0.15) is 5.75 Å². The first-order valence-corrected chi connectivity index (χ1v) is 7.14. The summed E-state index contributed by atoms with van der Waals surface area (Å²) in [5, 5.41) is 12.2. The third kappa shape index (κ3) is 3.43. The van der Waals surface area contributed by atoms with Crippen LogP contribution in [0.1, 0.15) is 10.4 Å². The Kier molecular flexibility index (Phi) is 4.35. The van der Waals surface area contributed by atoms with Crippen LogP contribution in [0, 0.1) is 0 Å². The molecular weight excluding hydrogens is 282 g/mol. The second-order valence-corrected chi connectivity index (χ2v) is 5.14. The van der Waals surface area contributed by atoms with E-state index in [1.165, 1.54) is 12.1 Å². The lowest BCUT2D eigenvalue weighted by Crippen LogP contribution is -2.11. The fraction of sp³-hybridized carbons (Fsp3) is 0.0714. The van der Waals surface area contributed by atoms with E-state index in [1.807, 2.05) is 18.4 Å². The van der Waals surface area contributed by atoms with Gasteiger partial charge in [0.25, 0.3) is 5.91 Å². The molecule has 2 rings (SSSR count). The maximum Gasteiger partial charge on any atom is 0.255 e. The summed E-state index contributed by atoms with van der Waals surface area (Å²) < 4.78 is 0. The summed E-state index contributed by atoms with van der Waals surface area (Å²) in [6.07, 6.45) is 1.98. The molecule has 98 valence electrons. The summed E-state index contributed by atoms with van der Waals surface area (Å²) in [7, 11) is 0. The number of amides is 1.